The van der Waals surface area contributed by atoms with E-state index in [4.69, 9.17) is 0 Å². The average Bonchev–Trinajstić information content (AvgIpc) is 2.42. The highest BCUT2D eigenvalue weighted by atomic mass is 19.4. The molecule has 0 bridgehead atoms. The number of ether oxygens (including phenoxy) is 1. The fourth-order valence-electron chi connectivity index (χ4n) is 1.73. The van der Waals surface area contributed by atoms with Crippen LogP contribution in [0.25, 0.3) is 0 Å². The van der Waals surface area contributed by atoms with Gasteiger partial charge in [0.25, 0.3) is 0 Å². The lowest BCUT2D eigenvalue weighted by molar-refractivity contribution is -0.174. The Morgan fingerprint density at radius 1 is 1.30 bits per heavy atom. The minimum Gasteiger partial charge on any atom is -0.468 e. The van der Waals surface area contributed by atoms with E-state index in [1.54, 1.807) is 0 Å². The lowest BCUT2D eigenvalue weighted by Crippen LogP contribution is -2.40. The van der Waals surface area contributed by atoms with Gasteiger partial charge < -0.3 is 10.1 Å². The van der Waals surface area contributed by atoms with E-state index in [9.17, 15) is 18.0 Å². The van der Waals surface area contributed by atoms with Crippen LogP contribution in [0.15, 0.2) is 30.3 Å². The molecule has 2 atom stereocenters. The Morgan fingerprint density at radius 2 is 1.90 bits per heavy atom. The fourth-order valence-corrected chi connectivity index (χ4v) is 1.73. The summed E-state index contributed by atoms with van der Waals surface area (Å²) in [5, 5.41) is 2.82. The second kappa shape index (κ2) is 7.28. The van der Waals surface area contributed by atoms with Crippen molar-refractivity contribution in [3.8, 4) is 0 Å². The highest BCUT2D eigenvalue weighted by molar-refractivity contribution is 5.75. The molecule has 6 heteroatoms. The highest BCUT2D eigenvalue weighted by Crippen LogP contribution is 2.29. The molecule has 0 spiro atoms. The second-order valence-corrected chi connectivity index (χ2v) is 4.62. The molecule has 2 unspecified atom stereocenters. The fraction of sp³-hybridized carbons (Fsp3) is 0.500. The van der Waals surface area contributed by atoms with Crippen LogP contribution in [0.3, 0.4) is 0 Å². The van der Waals surface area contributed by atoms with Crippen LogP contribution in [0.1, 0.15) is 18.9 Å². The van der Waals surface area contributed by atoms with Crippen LogP contribution in [0.2, 0.25) is 0 Å². The minimum atomic E-state index is -4.32. The summed E-state index contributed by atoms with van der Waals surface area (Å²) in [5.74, 6) is -2.26. The number of alkyl halides is 3. The van der Waals surface area contributed by atoms with Gasteiger partial charge in [-0.2, -0.15) is 13.2 Å². The van der Waals surface area contributed by atoms with Crippen molar-refractivity contribution >= 4 is 5.97 Å². The van der Waals surface area contributed by atoms with E-state index in [0.717, 1.165) is 19.6 Å². The molecule has 0 fully saturated rings. The van der Waals surface area contributed by atoms with Crippen LogP contribution in [0.5, 0.6) is 0 Å². The van der Waals surface area contributed by atoms with Crippen LogP contribution in [0.4, 0.5) is 13.2 Å². The molecule has 0 aliphatic rings. The number of rotatable bonds is 6. The summed E-state index contributed by atoms with van der Waals surface area (Å²) < 4.78 is 42.2. The standard InChI is InChI=1S/C14H18F3NO2/c1-10(14(15,16)17)8-12(13(19)20-2)18-9-11-6-4-3-5-7-11/h3-7,10,12,18H,8-9H2,1-2H3. The highest BCUT2D eigenvalue weighted by Gasteiger charge is 2.38. The number of esters is 1. The third-order valence-electron chi connectivity index (χ3n) is 3.03. The molecule has 112 valence electrons. The Hall–Kier alpha value is -1.56. The van der Waals surface area contributed by atoms with Gasteiger partial charge in [-0.25, -0.2) is 0 Å². The van der Waals surface area contributed by atoms with Gasteiger partial charge in [0.15, 0.2) is 0 Å². The van der Waals surface area contributed by atoms with E-state index >= 15 is 0 Å². The molecule has 0 saturated carbocycles. The summed E-state index contributed by atoms with van der Waals surface area (Å²) in [5.41, 5.74) is 0.890. The molecule has 0 aromatic heterocycles. The molecule has 0 aliphatic carbocycles. The first kappa shape index (κ1) is 16.5. The van der Waals surface area contributed by atoms with Gasteiger partial charge in [0, 0.05) is 6.54 Å². The van der Waals surface area contributed by atoms with Gasteiger partial charge in [0.2, 0.25) is 0 Å². The molecule has 20 heavy (non-hydrogen) atoms. The van der Waals surface area contributed by atoms with Crippen LogP contribution < -0.4 is 5.32 Å². The summed E-state index contributed by atoms with van der Waals surface area (Å²) in [6, 6.07) is 8.16. The first-order valence-corrected chi connectivity index (χ1v) is 6.26. The molecule has 0 radical (unpaired) electrons. The van der Waals surface area contributed by atoms with Crippen molar-refractivity contribution in [2.75, 3.05) is 7.11 Å². The SMILES string of the molecule is COC(=O)C(CC(C)C(F)(F)F)NCc1ccccc1. The van der Waals surface area contributed by atoms with E-state index in [0.29, 0.717) is 6.54 Å². The molecular formula is C14H18F3NO2. The van der Waals surface area contributed by atoms with E-state index in [2.05, 4.69) is 10.1 Å². The third-order valence-corrected chi connectivity index (χ3v) is 3.03. The Balaban J connectivity index is 2.63. The molecule has 1 rings (SSSR count). The summed E-state index contributed by atoms with van der Waals surface area (Å²) in [7, 11) is 1.16. The number of benzene rings is 1. The molecule has 1 aromatic carbocycles. The number of carbonyl (C=O) groups is 1. The first-order valence-electron chi connectivity index (χ1n) is 6.26. The maximum Gasteiger partial charge on any atom is 0.391 e. The number of hydrogen-bond donors (Lipinski definition) is 1. The van der Waals surface area contributed by atoms with Crippen LogP contribution in [0, 0.1) is 5.92 Å². The Labute approximate surface area is 116 Å². The number of halogens is 3. The van der Waals surface area contributed by atoms with Gasteiger partial charge >= 0.3 is 12.1 Å². The summed E-state index contributed by atoms with van der Waals surface area (Å²) in [4.78, 5) is 11.5. The zero-order valence-electron chi connectivity index (χ0n) is 11.4. The minimum absolute atomic E-state index is 0.311. The summed E-state index contributed by atoms with van der Waals surface area (Å²) in [6.07, 6.45) is -4.66. The molecule has 3 nitrogen and oxygen atoms in total. The maximum atomic E-state index is 12.6. The Kier molecular flexibility index (Phi) is 6.01. The number of hydrogen-bond acceptors (Lipinski definition) is 3. The maximum absolute atomic E-state index is 12.6. The van der Waals surface area contributed by atoms with E-state index in [-0.39, 0.29) is 6.42 Å². The summed E-state index contributed by atoms with van der Waals surface area (Å²) >= 11 is 0. The van der Waals surface area contributed by atoms with E-state index in [1.165, 1.54) is 0 Å². The van der Waals surface area contributed by atoms with Crippen molar-refractivity contribution in [1.29, 1.82) is 0 Å². The van der Waals surface area contributed by atoms with Gasteiger partial charge in [-0.15, -0.1) is 0 Å². The third kappa shape index (κ3) is 5.21. The van der Waals surface area contributed by atoms with E-state index < -0.39 is 24.1 Å². The quantitative estimate of drug-likeness (QED) is 0.818. The van der Waals surface area contributed by atoms with Gasteiger partial charge in [-0.1, -0.05) is 37.3 Å². The van der Waals surface area contributed by atoms with E-state index in [1.807, 2.05) is 30.3 Å². The average molecular weight is 289 g/mol. The van der Waals surface area contributed by atoms with Crippen molar-refractivity contribution < 1.29 is 22.7 Å². The van der Waals surface area contributed by atoms with Crippen LogP contribution in [-0.2, 0) is 16.1 Å². The largest absolute Gasteiger partial charge is 0.468 e. The molecule has 0 aliphatic heterocycles. The monoisotopic (exact) mass is 289 g/mol. The molecule has 1 N–H and O–H groups in total. The zero-order valence-corrected chi connectivity index (χ0v) is 11.4. The van der Waals surface area contributed by atoms with Crippen molar-refractivity contribution in [2.24, 2.45) is 5.92 Å². The van der Waals surface area contributed by atoms with Crippen molar-refractivity contribution in [3.63, 3.8) is 0 Å². The molecule has 0 amide bonds. The van der Waals surface area contributed by atoms with Gasteiger partial charge in [0.05, 0.1) is 13.0 Å². The lowest BCUT2D eigenvalue weighted by Gasteiger charge is -2.22. The van der Waals surface area contributed by atoms with Crippen LogP contribution in [-0.4, -0.2) is 25.3 Å². The molecule has 0 saturated heterocycles. The van der Waals surface area contributed by atoms with Crippen molar-refractivity contribution in [3.05, 3.63) is 35.9 Å². The predicted octanol–water partition coefficient (Wildman–Crippen LogP) is 2.91. The predicted molar refractivity (Wildman–Crippen MR) is 68.9 cm³/mol. The Bertz CT molecular complexity index is 420. The van der Waals surface area contributed by atoms with Crippen molar-refractivity contribution in [1.82, 2.24) is 5.32 Å². The zero-order chi connectivity index (χ0) is 15.2. The van der Waals surface area contributed by atoms with Crippen molar-refractivity contribution in [2.45, 2.75) is 32.1 Å². The van der Waals surface area contributed by atoms with Gasteiger partial charge in [-0.05, 0) is 12.0 Å². The van der Waals surface area contributed by atoms with Gasteiger partial charge in [-0.3, -0.25) is 4.79 Å². The molecule has 1 aromatic rings. The normalized spacial score (nSPS) is 14.7. The topological polar surface area (TPSA) is 38.3 Å². The Morgan fingerprint density at radius 3 is 2.40 bits per heavy atom. The molecule has 0 heterocycles. The molecular weight excluding hydrogens is 271 g/mol. The summed E-state index contributed by atoms with van der Waals surface area (Å²) in [6.45, 7) is 1.37. The number of carbonyl (C=O) groups excluding carboxylic acids is 1. The van der Waals surface area contributed by atoms with Crippen LogP contribution >= 0.6 is 0 Å². The first-order chi connectivity index (χ1) is 9.34. The lowest BCUT2D eigenvalue weighted by atomic mass is 10.0. The number of methoxy groups -OCH3 is 1. The second-order valence-electron chi connectivity index (χ2n) is 4.62. The smallest absolute Gasteiger partial charge is 0.391 e. The number of nitrogens with one attached hydrogen (secondary N) is 1. The van der Waals surface area contributed by atoms with Gasteiger partial charge in [0.1, 0.15) is 6.04 Å².